The van der Waals surface area contributed by atoms with Gasteiger partial charge in [0.1, 0.15) is 0 Å². The van der Waals surface area contributed by atoms with Crippen molar-refractivity contribution < 1.29 is 33.3 Å². The Labute approximate surface area is 156 Å². The van der Waals surface area contributed by atoms with E-state index in [1.807, 2.05) is 19.2 Å². The molecule has 144 valence electrons. The van der Waals surface area contributed by atoms with Gasteiger partial charge in [0.15, 0.2) is 17.6 Å². The fraction of sp³-hybridized carbons (Fsp3) is 0.471. The van der Waals surface area contributed by atoms with E-state index in [0.717, 1.165) is 7.11 Å². The quantitative estimate of drug-likeness (QED) is 0.718. The van der Waals surface area contributed by atoms with Crippen LogP contribution in [0.5, 0.6) is 11.5 Å². The Morgan fingerprint density at radius 3 is 2.35 bits per heavy atom. The molecule has 0 fully saturated rings. The number of methoxy groups -OCH3 is 2. The molecule has 0 radical (unpaired) electrons. The smallest absolute Gasteiger partial charge is 0.413 e. The predicted molar refractivity (Wildman–Crippen MR) is 93.8 cm³/mol. The van der Waals surface area contributed by atoms with Gasteiger partial charge in [-0.1, -0.05) is 25.4 Å². The van der Waals surface area contributed by atoms with Crippen molar-refractivity contribution in [2.45, 2.75) is 26.9 Å². The summed E-state index contributed by atoms with van der Waals surface area (Å²) >= 11 is 6.17. The maximum atomic E-state index is 12.2. The zero-order valence-corrected chi connectivity index (χ0v) is 16.0. The van der Waals surface area contributed by atoms with Crippen LogP contribution in [0.25, 0.3) is 0 Å². The molecule has 1 aromatic rings. The van der Waals surface area contributed by atoms with Crippen LogP contribution in [0.4, 0.5) is 4.79 Å². The minimum absolute atomic E-state index is 0.0708. The molecule has 1 N–H and O–H groups in total. The molecule has 0 bridgehead atoms. The fourth-order valence-corrected chi connectivity index (χ4v) is 2.03. The van der Waals surface area contributed by atoms with Crippen LogP contribution in [0.15, 0.2) is 12.1 Å². The van der Waals surface area contributed by atoms with E-state index in [1.165, 1.54) is 26.2 Å². The highest BCUT2D eigenvalue weighted by molar-refractivity contribution is 6.32. The Hall–Kier alpha value is -2.48. The van der Waals surface area contributed by atoms with E-state index in [9.17, 15) is 14.4 Å². The number of hydrogen-bond donors (Lipinski definition) is 1. The molecule has 26 heavy (non-hydrogen) atoms. The molecule has 1 atom stereocenters. The summed E-state index contributed by atoms with van der Waals surface area (Å²) in [6, 6.07) is 2.75. The molecule has 0 aliphatic rings. The van der Waals surface area contributed by atoms with E-state index < -0.39 is 24.1 Å². The zero-order chi connectivity index (χ0) is 19.9. The monoisotopic (exact) mass is 387 g/mol. The van der Waals surface area contributed by atoms with Gasteiger partial charge >= 0.3 is 12.1 Å². The zero-order valence-electron chi connectivity index (χ0n) is 15.3. The molecule has 0 aromatic heterocycles. The first-order chi connectivity index (χ1) is 12.2. The second-order valence-electron chi connectivity index (χ2n) is 5.72. The molecule has 0 saturated carbocycles. The van der Waals surface area contributed by atoms with Crippen molar-refractivity contribution in [1.82, 2.24) is 5.32 Å². The van der Waals surface area contributed by atoms with Gasteiger partial charge in [0.05, 0.1) is 31.4 Å². The van der Waals surface area contributed by atoms with E-state index >= 15 is 0 Å². The summed E-state index contributed by atoms with van der Waals surface area (Å²) in [4.78, 5) is 35.0. The molecule has 2 amide bonds. The molecule has 1 aromatic carbocycles. The van der Waals surface area contributed by atoms with E-state index in [1.54, 1.807) is 0 Å². The average Bonchev–Trinajstić information content (AvgIpc) is 2.59. The Balaban J connectivity index is 2.91. The summed E-state index contributed by atoms with van der Waals surface area (Å²) in [5.41, 5.74) is 0.0708. The van der Waals surface area contributed by atoms with Crippen LogP contribution < -0.4 is 14.8 Å². The van der Waals surface area contributed by atoms with Gasteiger partial charge in [0.25, 0.3) is 5.91 Å². The second kappa shape index (κ2) is 9.86. The normalized spacial score (nSPS) is 11.5. The van der Waals surface area contributed by atoms with Crippen LogP contribution >= 0.6 is 11.6 Å². The average molecular weight is 388 g/mol. The second-order valence-corrected chi connectivity index (χ2v) is 6.13. The summed E-state index contributed by atoms with van der Waals surface area (Å²) in [6.07, 6.45) is -2.17. The van der Waals surface area contributed by atoms with Crippen molar-refractivity contribution in [3.63, 3.8) is 0 Å². The molecular weight excluding hydrogens is 366 g/mol. The fourth-order valence-electron chi connectivity index (χ4n) is 1.76. The minimum atomic E-state index is -1.22. The molecular formula is C17H22ClNO7. The van der Waals surface area contributed by atoms with Gasteiger partial charge < -0.3 is 18.9 Å². The number of esters is 1. The summed E-state index contributed by atoms with van der Waals surface area (Å²) in [5.74, 6) is -0.782. The van der Waals surface area contributed by atoms with E-state index in [2.05, 4.69) is 4.74 Å². The maximum absolute atomic E-state index is 12.2. The lowest BCUT2D eigenvalue weighted by molar-refractivity contribution is -0.128. The van der Waals surface area contributed by atoms with Crippen molar-refractivity contribution in [3.8, 4) is 11.5 Å². The van der Waals surface area contributed by atoms with E-state index in [4.69, 9.17) is 25.8 Å². The Morgan fingerprint density at radius 1 is 1.15 bits per heavy atom. The molecule has 8 nitrogen and oxygen atoms in total. The van der Waals surface area contributed by atoms with E-state index in [0.29, 0.717) is 12.4 Å². The molecule has 0 aliphatic heterocycles. The predicted octanol–water partition coefficient (Wildman–Crippen LogP) is 2.81. The minimum Gasteiger partial charge on any atom is -0.493 e. The number of alkyl carbamates (subject to hydrolysis) is 1. The van der Waals surface area contributed by atoms with Crippen molar-refractivity contribution in [2.24, 2.45) is 5.92 Å². The molecule has 0 saturated heterocycles. The first-order valence-corrected chi connectivity index (χ1v) is 8.17. The summed E-state index contributed by atoms with van der Waals surface area (Å²) in [7, 11) is 2.52. The van der Waals surface area contributed by atoms with Crippen LogP contribution in [0.2, 0.25) is 5.02 Å². The number of rotatable bonds is 7. The third kappa shape index (κ3) is 6.11. The lowest BCUT2D eigenvalue weighted by Gasteiger charge is -2.16. The van der Waals surface area contributed by atoms with Gasteiger partial charge in [-0.05, 0) is 25.0 Å². The first-order valence-electron chi connectivity index (χ1n) is 7.79. The third-order valence-corrected chi connectivity index (χ3v) is 3.37. The summed E-state index contributed by atoms with van der Waals surface area (Å²) < 4.78 is 20.1. The van der Waals surface area contributed by atoms with Gasteiger partial charge in [0, 0.05) is 0 Å². The third-order valence-electron chi connectivity index (χ3n) is 3.09. The van der Waals surface area contributed by atoms with Crippen molar-refractivity contribution in [3.05, 3.63) is 22.7 Å². The molecule has 0 spiro atoms. The lowest BCUT2D eigenvalue weighted by atomic mass is 10.2. The number of ether oxygens (including phenoxy) is 4. The van der Waals surface area contributed by atoms with Crippen molar-refractivity contribution >= 4 is 29.6 Å². The van der Waals surface area contributed by atoms with Crippen molar-refractivity contribution in [2.75, 3.05) is 20.8 Å². The number of carbonyl (C=O) groups is 3. The molecule has 9 heteroatoms. The van der Waals surface area contributed by atoms with Crippen LogP contribution in [0, 0.1) is 5.92 Å². The molecule has 0 aliphatic carbocycles. The lowest BCUT2D eigenvalue weighted by Crippen LogP contribution is -2.39. The molecule has 0 unspecified atom stereocenters. The number of nitrogens with one attached hydrogen (secondary N) is 1. The highest BCUT2D eigenvalue weighted by Crippen LogP contribution is 2.37. The van der Waals surface area contributed by atoms with Crippen LogP contribution in [-0.2, 0) is 14.3 Å². The largest absolute Gasteiger partial charge is 0.493 e. The molecule has 0 heterocycles. The number of benzene rings is 1. The standard InChI is InChI=1S/C17H22ClNO7/c1-9(2)8-25-14-12(18)6-11(7-13(14)23-4)16(21)26-10(3)15(20)19-17(22)24-5/h6-7,9-10H,8H2,1-5H3,(H,19,20,22)/t10-/m0/s1. The van der Waals surface area contributed by atoms with Crippen LogP contribution in [0.3, 0.4) is 0 Å². The number of imide groups is 1. The first kappa shape index (κ1) is 21.6. The highest BCUT2D eigenvalue weighted by atomic mass is 35.5. The Kier molecular flexibility index (Phi) is 8.18. The van der Waals surface area contributed by atoms with Gasteiger partial charge in [-0.25, -0.2) is 9.59 Å². The van der Waals surface area contributed by atoms with Gasteiger partial charge in [-0.3, -0.25) is 10.1 Å². The summed E-state index contributed by atoms with van der Waals surface area (Å²) in [6.45, 7) is 5.69. The SMILES string of the molecule is COC(=O)NC(=O)[C@H](C)OC(=O)c1cc(Cl)c(OCC(C)C)c(OC)c1. The highest BCUT2D eigenvalue weighted by Gasteiger charge is 2.23. The van der Waals surface area contributed by atoms with Gasteiger partial charge in [-0.2, -0.15) is 0 Å². The van der Waals surface area contributed by atoms with Gasteiger partial charge in [-0.15, -0.1) is 0 Å². The Morgan fingerprint density at radius 2 is 1.81 bits per heavy atom. The number of carbonyl (C=O) groups excluding carboxylic acids is 3. The number of amides is 2. The van der Waals surface area contributed by atoms with Crippen molar-refractivity contribution in [1.29, 1.82) is 0 Å². The van der Waals surface area contributed by atoms with E-state index in [-0.39, 0.29) is 22.3 Å². The van der Waals surface area contributed by atoms with Crippen LogP contribution in [-0.4, -0.2) is 44.9 Å². The number of halogens is 1. The summed E-state index contributed by atoms with van der Waals surface area (Å²) in [5, 5.41) is 2.08. The van der Waals surface area contributed by atoms with Crippen LogP contribution in [0.1, 0.15) is 31.1 Å². The Bertz CT molecular complexity index is 675. The molecule has 1 rings (SSSR count). The number of hydrogen-bond acceptors (Lipinski definition) is 7. The maximum Gasteiger partial charge on any atom is 0.413 e. The topological polar surface area (TPSA) is 100 Å². The van der Waals surface area contributed by atoms with Gasteiger partial charge in [0.2, 0.25) is 0 Å².